The van der Waals surface area contributed by atoms with Crippen molar-refractivity contribution in [1.82, 2.24) is 9.97 Å². The number of piperidine rings is 1. The first-order valence-electron chi connectivity index (χ1n) is 7.87. The van der Waals surface area contributed by atoms with Gasteiger partial charge in [0.25, 0.3) is 0 Å². The van der Waals surface area contributed by atoms with E-state index in [1.165, 1.54) is 12.8 Å². The smallest absolute Gasteiger partial charge is 0.137 e. The summed E-state index contributed by atoms with van der Waals surface area (Å²) in [4.78, 5) is 11.7. The lowest BCUT2D eigenvalue weighted by Gasteiger charge is -2.39. The van der Waals surface area contributed by atoms with Crippen LogP contribution in [-0.2, 0) is 5.41 Å². The highest BCUT2D eigenvalue weighted by Crippen LogP contribution is 2.35. The molecule has 0 N–H and O–H groups in total. The molecule has 0 spiro atoms. The molecule has 21 heavy (non-hydrogen) atoms. The van der Waals surface area contributed by atoms with Crippen LogP contribution < -0.4 is 4.90 Å². The molecular formula is C17H28BrN3. The van der Waals surface area contributed by atoms with Gasteiger partial charge >= 0.3 is 0 Å². The summed E-state index contributed by atoms with van der Waals surface area (Å²) in [7, 11) is 0. The molecule has 1 fully saturated rings. The first-order chi connectivity index (χ1) is 9.57. The molecule has 1 saturated heterocycles. The Morgan fingerprint density at radius 1 is 1.05 bits per heavy atom. The van der Waals surface area contributed by atoms with Crippen LogP contribution >= 0.6 is 15.9 Å². The Morgan fingerprint density at radius 3 is 2.10 bits per heavy atom. The second kappa shape index (κ2) is 5.86. The average molecular weight is 354 g/mol. The third-order valence-corrected chi connectivity index (χ3v) is 4.80. The Kier molecular flexibility index (Phi) is 4.67. The maximum absolute atomic E-state index is 4.80. The van der Waals surface area contributed by atoms with Crippen LogP contribution in [0.2, 0.25) is 0 Å². The molecular weight excluding hydrogens is 326 g/mol. The molecule has 2 rings (SSSR count). The van der Waals surface area contributed by atoms with Crippen LogP contribution in [0.1, 0.15) is 60.2 Å². The van der Waals surface area contributed by atoms with Crippen molar-refractivity contribution in [3.63, 3.8) is 0 Å². The zero-order valence-electron chi connectivity index (χ0n) is 14.2. The zero-order valence-corrected chi connectivity index (χ0v) is 15.8. The normalized spacial score (nSPS) is 18.1. The minimum Gasteiger partial charge on any atom is -0.356 e. The lowest BCUT2D eigenvalue weighted by Crippen LogP contribution is -2.38. The topological polar surface area (TPSA) is 29.0 Å². The summed E-state index contributed by atoms with van der Waals surface area (Å²) in [6.45, 7) is 15.7. The van der Waals surface area contributed by atoms with Gasteiger partial charge in [-0.25, -0.2) is 9.97 Å². The summed E-state index contributed by atoms with van der Waals surface area (Å²) in [5.41, 5.74) is 0.386. The van der Waals surface area contributed by atoms with E-state index in [0.717, 1.165) is 35.3 Å². The molecule has 0 amide bonds. The molecule has 0 aliphatic carbocycles. The van der Waals surface area contributed by atoms with E-state index in [4.69, 9.17) is 4.98 Å². The van der Waals surface area contributed by atoms with Crippen molar-refractivity contribution in [1.29, 1.82) is 0 Å². The van der Waals surface area contributed by atoms with Crippen molar-refractivity contribution < 1.29 is 0 Å². The summed E-state index contributed by atoms with van der Waals surface area (Å²) in [6.07, 6.45) is 2.49. The van der Waals surface area contributed by atoms with E-state index in [9.17, 15) is 0 Å². The fourth-order valence-electron chi connectivity index (χ4n) is 2.88. The number of anilines is 1. The van der Waals surface area contributed by atoms with Crippen LogP contribution in [0.4, 0.5) is 5.82 Å². The van der Waals surface area contributed by atoms with Crippen LogP contribution in [0.5, 0.6) is 0 Å². The molecule has 1 aromatic heterocycles. The summed E-state index contributed by atoms with van der Waals surface area (Å²) in [5.74, 6) is 2.78. The van der Waals surface area contributed by atoms with E-state index in [2.05, 4.69) is 67.4 Å². The number of nitrogens with zero attached hydrogens (tertiary/aromatic N) is 3. The molecule has 4 heteroatoms. The number of hydrogen-bond acceptors (Lipinski definition) is 3. The number of hydrogen-bond donors (Lipinski definition) is 0. The van der Waals surface area contributed by atoms with Crippen molar-refractivity contribution in [2.75, 3.05) is 18.0 Å². The minimum atomic E-state index is -0.0255. The van der Waals surface area contributed by atoms with E-state index in [0.29, 0.717) is 5.41 Å². The predicted octanol–water partition coefficient (Wildman–Crippen LogP) is 4.80. The molecule has 0 unspecified atom stereocenters. The Hall–Kier alpha value is -0.640. The molecule has 2 heterocycles. The molecule has 0 saturated carbocycles. The molecule has 0 aromatic carbocycles. The van der Waals surface area contributed by atoms with Crippen molar-refractivity contribution >= 4 is 21.7 Å². The standard InChI is InChI=1S/C17H28BrN3/c1-16(2,3)12-7-9-21(10-8-12)14-11-13(18)19-15(20-14)17(4,5)6/h11-12H,7-10H2,1-6H3. The monoisotopic (exact) mass is 353 g/mol. The van der Waals surface area contributed by atoms with Gasteiger partial charge in [0.1, 0.15) is 16.2 Å². The van der Waals surface area contributed by atoms with Gasteiger partial charge in [0.2, 0.25) is 0 Å². The minimum absolute atomic E-state index is 0.0255. The number of rotatable bonds is 1. The maximum Gasteiger partial charge on any atom is 0.137 e. The van der Waals surface area contributed by atoms with Crippen LogP contribution in [0.15, 0.2) is 10.7 Å². The molecule has 0 bridgehead atoms. The highest BCUT2D eigenvalue weighted by molar-refractivity contribution is 9.10. The van der Waals surface area contributed by atoms with Crippen molar-refractivity contribution in [3.05, 3.63) is 16.5 Å². The summed E-state index contributed by atoms with van der Waals surface area (Å²) in [5, 5.41) is 0. The van der Waals surface area contributed by atoms with E-state index in [1.54, 1.807) is 0 Å². The van der Waals surface area contributed by atoms with Gasteiger partial charge in [-0.3, -0.25) is 0 Å². The van der Waals surface area contributed by atoms with Crippen LogP contribution in [0.25, 0.3) is 0 Å². The van der Waals surface area contributed by atoms with E-state index in [-0.39, 0.29) is 5.41 Å². The van der Waals surface area contributed by atoms with Gasteiger partial charge in [-0.2, -0.15) is 0 Å². The van der Waals surface area contributed by atoms with Gasteiger partial charge < -0.3 is 4.90 Å². The molecule has 118 valence electrons. The maximum atomic E-state index is 4.80. The Balaban J connectivity index is 2.16. The van der Waals surface area contributed by atoms with Gasteiger partial charge in [0, 0.05) is 24.6 Å². The average Bonchev–Trinajstić information content (AvgIpc) is 2.36. The van der Waals surface area contributed by atoms with Gasteiger partial charge in [-0.1, -0.05) is 41.5 Å². The fourth-order valence-corrected chi connectivity index (χ4v) is 3.25. The summed E-state index contributed by atoms with van der Waals surface area (Å²) < 4.78 is 0.885. The quantitative estimate of drug-likeness (QED) is 0.679. The van der Waals surface area contributed by atoms with Gasteiger partial charge in [0.05, 0.1) is 0 Å². The highest BCUT2D eigenvalue weighted by Gasteiger charge is 2.29. The predicted molar refractivity (Wildman–Crippen MR) is 92.8 cm³/mol. The molecule has 1 aromatic rings. The second-order valence-electron chi connectivity index (χ2n) is 8.25. The highest BCUT2D eigenvalue weighted by atomic mass is 79.9. The Morgan fingerprint density at radius 2 is 1.62 bits per heavy atom. The number of halogens is 1. The third kappa shape index (κ3) is 4.18. The van der Waals surface area contributed by atoms with Gasteiger partial charge in [-0.15, -0.1) is 0 Å². The van der Waals surface area contributed by atoms with E-state index < -0.39 is 0 Å². The van der Waals surface area contributed by atoms with Gasteiger partial charge in [-0.05, 0) is 40.1 Å². The first-order valence-corrected chi connectivity index (χ1v) is 8.66. The zero-order chi connectivity index (χ0) is 15.8. The molecule has 0 atom stereocenters. The lowest BCUT2D eigenvalue weighted by atomic mass is 9.75. The Labute approximate surface area is 137 Å². The van der Waals surface area contributed by atoms with Gasteiger partial charge in [0.15, 0.2) is 0 Å². The van der Waals surface area contributed by atoms with E-state index >= 15 is 0 Å². The fraction of sp³-hybridized carbons (Fsp3) is 0.765. The van der Waals surface area contributed by atoms with Crippen LogP contribution in [0.3, 0.4) is 0 Å². The largest absolute Gasteiger partial charge is 0.356 e. The van der Waals surface area contributed by atoms with Crippen molar-refractivity contribution in [3.8, 4) is 0 Å². The number of aromatic nitrogens is 2. The summed E-state index contributed by atoms with van der Waals surface area (Å²) in [6, 6.07) is 2.05. The van der Waals surface area contributed by atoms with Crippen LogP contribution in [-0.4, -0.2) is 23.1 Å². The first kappa shape index (κ1) is 16.7. The molecule has 0 radical (unpaired) electrons. The summed E-state index contributed by atoms with van der Waals surface area (Å²) >= 11 is 3.54. The van der Waals surface area contributed by atoms with Crippen molar-refractivity contribution in [2.45, 2.75) is 59.8 Å². The third-order valence-electron chi connectivity index (χ3n) is 4.40. The SMILES string of the molecule is CC(C)(C)c1nc(Br)cc(N2CCC(C(C)(C)C)CC2)n1. The van der Waals surface area contributed by atoms with E-state index in [1.807, 2.05) is 6.07 Å². The van der Waals surface area contributed by atoms with Crippen LogP contribution in [0, 0.1) is 11.3 Å². The molecule has 1 aliphatic heterocycles. The molecule has 1 aliphatic rings. The molecule has 3 nitrogen and oxygen atoms in total. The van der Waals surface area contributed by atoms with Crippen molar-refractivity contribution in [2.24, 2.45) is 11.3 Å². The Bertz CT molecular complexity index is 492. The second-order valence-corrected chi connectivity index (χ2v) is 9.06. The lowest BCUT2D eigenvalue weighted by molar-refractivity contribution is 0.198.